The van der Waals surface area contributed by atoms with Crippen LogP contribution in [0.1, 0.15) is 31.0 Å². The molecule has 2 N–H and O–H groups in total. The van der Waals surface area contributed by atoms with Gasteiger partial charge in [0.05, 0.1) is 12.8 Å². The van der Waals surface area contributed by atoms with Crippen molar-refractivity contribution in [2.24, 2.45) is 0 Å². The maximum atomic E-state index is 5.50. The van der Waals surface area contributed by atoms with E-state index in [1.165, 1.54) is 12.0 Å². The molecule has 1 aromatic rings. The molecule has 2 heterocycles. The van der Waals surface area contributed by atoms with E-state index >= 15 is 0 Å². The van der Waals surface area contributed by atoms with Gasteiger partial charge in [-0.05, 0) is 26.7 Å². The first kappa shape index (κ1) is 10.6. The third-order valence-electron chi connectivity index (χ3n) is 3.08. The van der Waals surface area contributed by atoms with Crippen molar-refractivity contribution >= 4 is 0 Å². The van der Waals surface area contributed by atoms with Crippen molar-refractivity contribution in [3.8, 4) is 0 Å². The largest absolute Gasteiger partial charge is 0.380 e. The van der Waals surface area contributed by atoms with Crippen molar-refractivity contribution < 1.29 is 4.74 Å². The van der Waals surface area contributed by atoms with Crippen LogP contribution in [0.2, 0.25) is 0 Å². The second-order valence-corrected chi connectivity index (χ2v) is 4.59. The lowest BCUT2D eigenvalue weighted by Gasteiger charge is -2.34. The topological polar surface area (TPSA) is 49.9 Å². The van der Waals surface area contributed by atoms with Crippen LogP contribution in [0.4, 0.5) is 0 Å². The normalized spacial score (nSPS) is 26.8. The minimum absolute atomic E-state index is 0.127. The second-order valence-electron chi connectivity index (χ2n) is 4.59. The fourth-order valence-electron chi connectivity index (χ4n) is 1.94. The van der Waals surface area contributed by atoms with Crippen LogP contribution in [-0.4, -0.2) is 29.0 Å². The van der Waals surface area contributed by atoms with Gasteiger partial charge in [0.1, 0.15) is 0 Å². The molecule has 0 amide bonds. The number of rotatable bonds is 3. The molecule has 1 aromatic heterocycles. The number of H-pyrrole nitrogens is 1. The predicted octanol–water partition coefficient (Wildman–Crippen LogP) is 1.38. The van der Waals surface area contributed by atoms with Gasteiger partial charge in [0.2, 0.25) is 0 Å². The molecule has 0 radical (unpaired) electrons. The molecule has 84 valence electrons. The molecule has 1 unspecified atom stereocenters. The highest BCUT2D eigenvalue weighted by molar-refractivity contribution is 5.14. The summed E-state index contributed by atoms with van der Waals surface area (Å²) in [6.45, 7) is 6.85. The minimum atomic E-state index is 0.127. The summed E-state index contributed by atoms with van der Waals surface area (Å²) in [4.78, 5) is 0. The van der Waals surface area contributed by atoms with Gasteiger partial charge >= 0.3 is 0 Å². The summed E-state index contributed by atoms with van der Waals surface area (Å²) in [5.74, 6) is 0. The Labute approximate surface area is 90.4 Å². The molecule has 4 heteroatoms. The van der Waals surface area contributed by atoms with Crippen LogP contribution in [0.15, 0.2) is 6.20 Å². The predicted molar refractivity (Wildman–Crippen MR) is 58.6 cm³/mol. The third-order valence-corrected chi connectivity index (χ3v) is 3.08. The Balaban J connectivity index is 1.89. The van der Waals surface area contributed by atoms with Crippen molar-refractivity contribution in [1.82, 2.24) is 15.5 Å². The summed E-state index contributed by atoms with van der Waals surface area (Å²) in [6.07, 6.45) is 4.22. The number of nitrogens with one attached hydrogen (secondary N) is 2. The van der Waals surface area contributed by atoms with E-state index in [4.69, 9.17) is 4.74 Å². The Morgan fingerprint density at radius 3 is 3.13 bits per heavy atom. The van der Waals surface area contributed by atoms with E-state index in [1.54, 1.807) is 0 Å². The maximum absolute atomic E-state index is 5.50. The molecule has 1 saturated heterocycles. The summed E-state index contributed by atoms with van der Waals surface area (Å²) < 4.78 is 5.50. The summed E-state index contributed by atoms with van der Waals surface area (Å²) in [7, 11) is 0. The molecule has 1 aliphatic rings. The number of ether oxygens (including phenoxy) is 1. The van der Waals surface area contributed by atoms with Gasteiger partial charge < -0.3 is 10.1 Å². The molecule has 0 spiro atoms. The molecule has 2 rings (SSSR count). The number of nitrogens with zero attached hydrogens (tertiary/aromatic N) is 1. The lowest BCUT2D eigenvalue weighted by molar-refractivity contribution is 0.0277. The Kier molecular flexibility index (Phi) is 3.07. The molecule has 4 nitrogen and oxygen atoms in total. The molecule has 1 aliphatic heterocycles. The van der Waals surface area contributed by atoms with Gasteiger partial charge in [0.15, 0.2) is 0 Å². The molecule has 0 aromatic carbocycles. The van der Waals surface area contributed by atoms with Crippen LogP contribution in [0.25, 0.3) is 0 Å². The van der Waals surface area contributed by atoms with Crippen LogP contribution in [0.5, 0.6) is 0 Å². The Hall–Kier alpha value is -0.870. The molecule has 0 saturated carbocycles. The van der Waals surface area contributed by atoms with Crippen LogP contribution >= 0.6 is 0 Å². The van der Waals surface area contributed by atoms with E-state index in [0.29, 0.717) is 0 Å². The highest BCUT2D eigenvalue weighted by atomic mass is 16.5. The number of hydrogen-bond acceptors (Lipinski definition) is 3. The smallest absolute Gasteiger partial charge is 0.0645 e. The zero-order chi connectivity index (χ0) is 10.7. The summed E-state index contributed by atoms with van der Waals surface area (Å²) in [5.41, 5.74) is 2.51. The zero-order valence-corrected chi connectivity index (χ0v) is 9.47. The van der Waals surface area contributed by atoms with Crippen LogP contribution in [-0.2, 0) is 11.3 Å². The highest BCUT2D eigenvalue weighted by Gasteiger charge is 2.26. The van der Waals surface area contributed by atoms with Crippen LogP contribution < -0.4 is 5.32 Å². The second kappa shape index (κ2) is 4.33. The number of aromatic amines is 1. The molecule has 1 atom stereocenters. The summed E-state index contributed by atoms with van der Waals surface area (Å²) >= 11 is 0. The first-order valence-corrected chi connectivity index (χ1v) is 5.51. The van der Waals surface area contributed by atoms with E-state index in [0.717, 1.165) is 31.9 Å². The van der Waals surface area contributed by atoms with Crippen molar-refractivity contribution in [3.63, 3.8) is 0 Å². The van der Waals surface area contributed by atoms with E-state index in [1.807, 2.05) is 13.1 Å². The van der Waals surface area contributed by atoms with E-state index in [9.17, 15) is 0 Å². The maximum Gasteiger partial charge on any atom is 0.0645 e. The van der Waals surface area contributed by atoms with Crippen molar-refractivity contribution in [1.29, 1.82) is 0 Å². The van der Waals surface area contributed by atoms with Gasteiger partial charge in [-0.15, -0.1) is 0 Å². The van der Waals surface area contributed by atoms with E-state index in [-0.39, 0.29) is 5.54 Å². The SMILES string of the molecule is Cc1[nH]ncc1CNC1(C)CCCOC1. The quantitative estimate of drug-likeness (QED) is 0.790. The molecule has 1 fully saturated rings. The van der Waals surface area contributed by atoms with E-state index < -0.39 is 0 Å². The number of hydrogen-bond donors (Lipinski definition) is 2. The lowest BCUT2D eigenvalue weighted by Crippen LogP contribution is -2.48. The summed E-state index contributed by atoms with van der Waals surface area (Å²) in [6, 6.07) is 0. The molecule has 0 aliphatic carbocycles. The molecule has 15 heavy (non-hydrogen) atoms. The van der Waals surface area contributed by atoms with Crippen LogP contribution in [0, 0.1) is 6.92 Å². The lowest BCUT2D eigenvalue weighted by atomic mass is 9.94. The average Bonchev–Trinajstić information content (AvgIpc) is 2.62. The van der Waals surface area contributed by atoms with Gasteiger partial charge in [0.25, 0.3) is 0 Å². The average molecular weight is 209 g/mol. The van der Waals surface area contributed by atoms with Gasteiger partial charge in [-0.25, -0.2) is 0 Å². The molecule has 0 bridgehead atoms. The van der Waals surface area contributed by atoms with Gasteiger partial charge in [0, 0.05) is 29.9 Å². The monoisotopic (exact) mass is 209 g/mol. The Morgan fingerprint density at radius 1 is 1.67 bits per heavy atom. The first-order chi connectivity index (χ1) is 7.20. The molecular formula is C11H19N3O. The third kappa shape index (κ3) is 2.58. The van der Waals surface area contributed by atoms with Crippen molar-refractivity contribution in [2.45, 2.75) is 38.8 Å². The fraction of sp³-hybridized carbons (Fsp3) is 0.727. The van der Waals surface area contributed by atoms with Gasteiger partial charge in [-0.2, -0.15) is 5.10 Å². The minimum Gasteiger partial charge on any atom is -0.380 e. The Morgan fingerprint density at radius 2 is 2.53 bits per heavy atom. The van der Waals surface area contributed by atoms with Crippen molar-refractivity contribution in [3.05, 3.63) is 17.5 Å². The van der Waals surface area contributed by atoms with Gasteiger partial charge in [-0.3, -0.25) is 5.10 Å². The first-order valence-electron chi connectivity index (χ1n) is 5.51. The van der Waals surface area contributed by atoms with E-state index in [2.05, 4.69) is 22.4 Å². The molecular weight excluding hydrogens is 190 g/mol. The standard InChI is InChI=1S/C11H19N3O/c1-9-10(7-13-14-9)6-12-11(2)4-3-5-15-8-11/h7,12H,3-6,8H2,1-2H3,(H,13,14). The Bertz CT molecular complexity index is 315. The van der Waals surface area contributed by atoms with Gasteiger partial charge in [-0.1, -0.05) is 0 Å². The number of aromatic nitrogens is 2. The van der Waals surface area contributed by atoms with Crippen LogP contribution in [0.3, 0.4) is 0 Å². The number of aryl methyl sites for hydroxylation is 1. The summed E-state index contributed by atoms with van der Waals surface area (Å²) in [5, 5.41) is 10.5. The fourth-order valence-corrected chi connectivity index (χ4v) is 1.94. The highest BCUT2D eigenvalue weighted by Crippen LogP contribution is 2.19. The van der Waals surface area contributed by atoms with Crippen molar-refractivity contribution in [2.75, 3.05) is 13.2 Å². The zero-order valence-electron chi connectivity index (χ0n) is 9.47.